The van der Waals surface area contributed by atoms with Crippen LogP contribution < -0.4 is 10.6 Å². The van der Waals surface area contributed by atoms with Gasteiger partial charge in [-0.1, -0.05) is 48.5 Å². The van der Waals surface area contributed by atoms with Gasteiger partial charge in [-0.05, 0) is 91.3 Å². The first-order valence-electron chi connectivity index (χ1n) is 18.4. The van der Waals surface area contributed by atoms with Crippen LogP contribution >= 0.6 is 0 Å². The quantitative estimate of drug-likeness (QED) is 0.162. The maximum absolute atomic E-state index is 5.24. The summed E-state index contributed by atoms with van der Waals surface area (Å²) in [6.45, 7) is 0.654. The van der Waals surface area contributed by atoms with E-state index in [0.717, 1.165) is 83.2 Å². The summed E-state index contributed by atoms with van der Waals surface area (Å²) in [5, 5.41) is 2.94. The number of rotatable bonds is 7. The van der Waals surface area contributed by atoms with Crippen LogP contribution in [0.1, 0.15) is 12.2 Å². The molecule has 0 saturated carbocycles. The summed E-state index contributed by atoms with van der Waals surface area (Å²) < 4.78 is 0. The zero-order valence-corrected chi connectivity index (χ0v) is 30.0. The fourth-order valence-corrected chi connectivity index (χ4v) is 7.12. The molecule has 1 aliphatic heterocycles. The summed E-state index contributed by atoms with van der Waals surface area (Å²) in [6.07, 6.45) is 9.81. The number of aromatic nitrogens is 8. The Morgan fingerprint density at radius 3 is 1.70 bits per heavy atom. The maximum Gasteiger partial charge on any atom is 0.164 e. The molecule has 9 nitrogen and oxygen atoms in total. The van der Waals surface area contributed by atoms with Gasteiger partial charge in [-0.3, -0.25) is 29.9 Å². The van der Waals surface area contributed by atoms with Crippen LogP contribution in [0.2, 0.25) is 0 Å². The average Bonchev–Trinajstić information content (AvgIpc) is 3.29. The second-order valence-corrected chi connectivity index (χ2v) is 13.4. The molecule has 0 amide bonds. The topological polar surface area (TPSA) is 115 Å². The van der Waals surface area contributed by atoms with Crippen molar-refractivity contribution < 1.29 is 0 Å². The highest BCUT2D eigenvalue weighted by Gasteiger charge is 2.19. The Labute approximate surface area is 322 Å². The highest BCUT2D eigenvalue weighted by Crippen LogP contribution is 2.34. The highest BCUT2D eigenvalue weighted by molar-refractivity contribution is 5.93. The molecular formula is C47H31N9. The Kier molecular flexibility index (Phi) is 8.41. The Balaban J connectivity index is 1.18. The first-order valence-corrected chi connectivity index (χ1v) is 18.4. The predicted octanol–water partition coefficient (Wildman–Crippen LogP) is 8.22. The van der Waals surface area contributed by atoms with E-state index in [2.05, 4.69) is 45.3 Å². The predicted molar refractivity (Wildman–Crippen MR) is 218 cm³/mol. The van der Waals surface area contributed by atoms with Crippen molar-refractivity contribution in [3.8, 4) is 67.8 Å². The van der Waals surface area contributed by atoms with Crippen molar-refractivity contribution in [3.05, 3.63) is 181 Å². The summed E-state index contributed by atoms with van der Waals surface area (Å²) in [7, 11) is 0. The number of hydrogen-bond acceptors (Lipinski definition) is 9. The lowest BCUT2D eigenvalue weighted by Crippen LogP contribution is -2.31. The van der Waals surface area contributed by atoms with Gasteiger partial charge in [0.05, 0.1) is 33.6 Å². The summed E-state index contributed by atoms with van der Waals surface area (Å²) in [4.78, 5) is 43.9. The van der Waals surface area contributed by atoms with E-state index in [-0.39, 0.29) is 0 Å². The van der Waals surface area contributed by atoms with Crippen LogP contribution in [-0.2, 0) is 0 Å². The van der Waals surface area contributed by atoms with Gasteiger partial charge in [0.1, 0.15) is 0 Å². The largest absolute Gasteiger partial charge is 0.284 e. The van der Waals surface area contributed by atoms with E-state index < -0.39 is 0 Å². The minimum absolute atomic E-state index is 0.539. The van der Waals surface area contributed by atoms with Crippen LogP contribution in [-0.4, -0.2) is 46.4 Å². The van der Waals surface area contributed by atoms with E-state index in [0.29, 0.717) is 30.4 Å². The number of hydrogen-bond donors (Lipinski definition) is 0. The van der Waals surface area contributed by atoms with Crippen molar-refractivity contribution in [2.75, 3.05) is 6.54 Å². The van der Waals surface area contributed by atoms with Gasteiger partial charge in [0.15, 0.2) is 17.5 Å². The van der Waals surface area contributed by atoms with Crippen molar-refractivity contribution in [1.82, 2.24) is 39.9 Å². The van der Waals surface area contributed by atoms with E-state index in [1.54, 1.807) is 12.4 Å². The molecule has 7 heterocycles. The third kappa shape index (κ3) is 6.37. The second-order valence-electron chi connectivity index (χ2n) is 13.4. The minimum atomic E-state index is 0.539. The molecule has 9 aromatic rings. The molecule has 0 bridgehead atoms. The van der Waals surface area contributed by atoms with Gasteiger partial charge in [-0.25, -0.2) is 15.0 Å². The smallest absolute Gasteiger partial charge is 0.164 e. The standard InChI is InChI=1S/C47H31N9/c1-3-13-43-35(9-1)37(19-23-50-43)46-54-45(55-47(56-46)38-20-24-51-44-14-4-2-10-36(38)44)34-26-32(41-17-15-30(28-52-41)39-11-5-7-21-48-39)25-33(27-34)42-18-16-31(29-53-42)40-12-6-8-22-49-40/h1-19,21-23,25-29H,20,24H2. The van der Waals surface area contributed by atoms with Gasteiger partial charge in [-0.2, -0.15) is 0 Å². The fourth-order valence-electron chi connectivity index (χ4n) is 7.12. The van der Waals surface area contributed by atoms with Crippen molar-refractivity contribution in [2.24, 2.45) is 4.99 Å². The Hall–Kier alpha value is -7.65. The molecular weight excluding hydrogens is 691 g/mol. The molecule has 0 aliphatic carbocycles. The van der Waals surface area contributed by atoms with E-state index in [4.69, 9.17) is 29.9 Å². The summed E-state index contributed by atoms with van der Waals surface area (Å²) in [5.41, 5.74) is 10.6. The van der Waals surface area contributed by atoms with Crippen LogP contribution in [0, 0.1) is 0 Å². The van der Waals surface area contributed by atoms with Crippen molar-refractivity contribution >= 4 is 16.5 Å². The van der Waals surface area contributed by atoms with Gasteiger partial charge in [0.2, 0.25) is 0 Å². The molecule has 1 aliphatic rings. The third-order valence-corrected chi connectivity index (χ3v) is 9.90. The zero-order valence-electron chi connectivity index (χ0n) is 30.0. The zero-order chi connectivity index (χ0) is 37.3. The van der Waals surface area contributed by atoms with Gasteiger partial charge >= 0.3 is 0 Å². The SMILES string of the molecule is c1ccc(-c2ccc(-c3cc(-c4ccc(-c5ccccn5)cn4)cc(-c4nc(C5=c6ccccc6=NCC5)nc(-c5ccnc6ccccc56)n4)c3)nc2)nc1. The molecule has 0 fully saturated rings. The first kappa shape index (κ1) is 33.0. The lowest BCUT2D eigenvalue weighted by molar-refractivity contribution is 0.912. The van der Waals surface area contributed by atoms with Crippen LogP contribution in [0.15, 0.2) is 169 Å². The third-order valence-electron chi connectivity index (χ3n) is 9.90. The van der Waals surface area contributed by atoms with E-state index in [1.807, 2.05) is 122 Å². The normalized spacial score (nSPS) is 12.2. The van der Waals surface area contributed by atoms with Crippen LogP contribution in [0.3, 0.4) is 0 Å². The number of pyridine rings is 5. The summed E-state index contributed by atoms with van der Waals surface area (Å²) in [6, 6.07) is 44.4. The monoisotopic (exact) mass is 721 g/mol. The number of nitrogens with zero attached hydrogens (tertiary/aromatic N) is 9. The summed E-state index contributed by atoms with van der Waals surface area (Å²) >= 11 is 0. The lowest BCUT2D eigenvalue weighted by atomic mass is 9.99. The van der Waals surface area contributed by atoms with E-state index >= 15 is 0 Å². The van der Waals surface area contributed by atoms with Crippen molar-refractivity contribution in [2.45, 2.75) is 6.42 Å². The van der Waals surface area contributed by atoms with Gasteiger partial charge < -0.3 is 0 Å². The molecule has 6 aromatic heterocycles. The summed E-state index contributed by atoms with van der Waals surface area (Å²) in [5.74, 6) is 1.73. The molecule has 0 saturated heterocycles. The van der Waals surface area contributed by atoms with Gasteiger partial charge in [0, 0.05) is 87.1 Å². The second kappa shape index (κ2) is 14.3. The molecule has 264 valence electrons. The van der Waals surface area contributed by atoms with Crippen molar-refractivity contribution in [1.29, 1.82) is 0 Å². The molecule has 10 rings (SSSR count). The number of benzene rings is 3. The molecule has 3 aromatic carbocycles. The van der Waals surface area contributed by atoms with Gasteiger partial charge in [-0.15, -0.1) is 0 Å². The number of para-hydroxylation sites is 2. The molecule has 0 unspecified atom stereocenters. The van der Waals surface area contributed by atoms with E-state index in [1.165, 1.54) is 0 Å². The first-order chi connectivity index (χ1) is 27.7. The molecule has 0 radical (unpaired) electrons. The molecule has 9 heteroatoms. The minimum Gasteiger partial charge on any atom is -0.284 e. The molecule has 0 spiro atoms. The molecule has 56 heavy (non-hydrogen) atoms. The van der Waals surface area contributed by atoms with Crippen LogP contribution in [0.5, 0.6) is 0 Å². The molecule has 0 atom stereocenters. The van der Waals surface area contributed by atoms with E-state index in [9.17, 15) is 0 Å². The maximum atomic E-state index is 5.24. The van der Waals surface area contributed by atoms with Crippen LogP contribution in [0.4, 0.5) is 0 Å². The highest BCUT2D eigenvalue weighted by atomic mass is 15.0. The average molecular weight is 722 g/mol. The fraction of sp³-hybridized carbons (Fsp3) is 0.0426. The number of fused-ring (bicyclic) bond motifs is 2. The lowest BCUT2D eigenvalue weighted by Gasteiger charge is -2.15. The van der Waals surface area contributed by atoms with Gasteiger partial charge in [0.25, 0.3) is 0 Å². The van der Waals surface area contributed by atoms with Crippen LogP contribution in [0.25, 0.3) is 84.3 Å². The molecule has 0 N–H and O–H groups in total. The Bertz CT molecular complexity index is 2900. The Morgan fingerprint density at radius 2 is 1.02 bits per heavy atom. The van der Waals surface area contributed by atoms with Crippen molar-refractivity contribution in [3.63, 3.8) is 0 Å². The Morgan fingerprint density at radius 1 is 0.411 bits per heavy atom.